The average molecular weight is 411 g/mol. The molecule has 0 radical (unpaired) electrons. The van der Waals surface area contributed by atoms with E-state index >= 15 is 0 Å². The van der Waals surface area contributed by atoms with Gasteiger partial charge in [-0.2, -0.15) is 0 Å². The first-order chi connectivity index (χ1) is 14.1. The van der Waals surface area contributed by atoms with Gasteiger partial charge in [-0.3, -0.25) is 9.59 Å². The zero-order chi connectivity index (χ0) is 22.1. The zero-order valence-corrected chi connectivity index (χ0v) is 18.5. The molecule has 1 unspecified atom stereocenters. The monoisotopic (exact) mass is 411 g/mol. The van der Waals surface area contributed by atoms with E-state index in [2.05, 4.69) is 5.32 Å². The Balaban J connectivity index is 1.76. The minimum atomic E-state index is -0.476. The van der Waals surface area contributed by atoms with E-state index < -0.39 is 5.60 Å². The number of amides is 1. The number of fused-ring (bicyclic) bond motifs is 1. The van der Waals surface area contributed by atoms with Crippen LogP contribution in [0.2, 0.25) is 0 Å². The first-order valence-corrected chi connectivity index (χ1v) is 10.1. The standard InChI is InChI=1S/C24H29NO5/c1-14-15(2)23-21(16(3)22(14)29-18(5)27)11-12-24(6,30-23)13-28-20-9-7-19(8-10-20)25-17(4)26/h7-10H,11-13H2,1-6H3,(H,25,26). The van der Waals surface area contributed by atoms with Crippen molar-refractivity contribution in [3.8, 4) is 17.2 Å². The molecule has 1 aliphatic rings. The van der Waals surface area contributed by atoms with Crippen molar-refractivity contribution in [1.29, 1.82) is 0 Å². The molecule has 3 rings (SSSR count). The second kappa shape index (κ2) is 8.38. The van der Waals surface area contributed by atoms with Crippen molar-refractivity contribution >= 4 is 17.6 Å². The number of rotatable bonds is 5. The topological polar surface area (TPSA) is 73.9 Å². The van der Waals surface area contributed by atoms with Crippen LogP contribution in [0.15, 0.2) is 24.3 Å². The third kappa shape index (κ3) is 4.58. The molecule has 0 spiro atoms. The van der Waals surface area contributed by atoms with Crippen LogP contribution in [0.1, 0.15) is 49.4 Å². The van der Waals surface area contributed by atoms with Gasteiger partial charge in [-0.05, 0) is 81.5 Å². The lowest BCUT2D eigenvalue weighted by Crippen LogP contribution is -2.42. The molecule has 6 heteroatoms. The van der Waals surface area contributed by atoms with Crippen LogP contribution in [0.3, 0.4) is 0 Å². The van der Waals surface area contributed by atoms with Crippen molar-refractivity contribution in [2.75, 3.05) is 11.9 Å². The number of ether oxygens (including phenoxy) is 3. The predicted octanol–water partition coefficient (Wildman–Crippen LogP) is 4.66. The molecule has 0 aliphatic carbocycles. The van der Waals surface area contributed by atoms with Gasteiger partial charge in [-0.15, -0.1) is 0 Å². The van der Waals surface area contributed by atoms with E-state index in [1.165, 1.54) is 13.8 Å². The Hall–Kier alpha value is -3.02. The highest BCUT2D eigenvalue weighted by atomic mass is 16.5. The maximum Gasteiger partial charge on any atom is 0.308 e. The van der Waals surface area contributed by atoms with Gasteiger partial charge in [0.05, 0.1) is 0 Å². The largest absolute Gasteiger partial charge is 0.489 e. The molecule has 0 bridgehead atoms. The summed E-state index contributed by atoms with van der Waals surface area (Å²) in [5.74, 6) is 1.79. The first kappa shape index (κ1) is 21.7. The molecule has 6 nitrogen and oxygen atoms in total. The van der Waals surface area contributed by atoms with Gasteiger partial charge in [0.2, 0.25) is 5.91 Å². The molecule has 1 heterocycles. The second-order valence-electron chi connectivity index (χ2n) is 8.15. The number of nitrogens with one attached hydrogen (secondary N) is 1. The van der Waals surface area contributed by atoms with E-state index in [0.29, 0.717) is 18.1 Å². The van der Waals surface area contributed by atoms with Crippen LogP contribution in [0.25, 0.3) is 0 Å². The van der Waals surface area contributed by atoms with Crippen LogP contribution in [0.5, 0.6) is 17.2 Å². The van der Waals surface area contributed by atoms with E-state index in [-0.39, 0.29) is 11.9 Å². The molecule has 0 aromatic heterocycles. The van der Waals surface area contributed by atoms with Crippen molar-refractivity contribution in [3.63, 3.8) is 0 Å². The summed E-state index contributed by atoms with van der Waals surface area (Å²) >= 11 is 0. The summed E-state index contributed by atoms with van der Waals surface area (Å²) in [6.45, 7) is 11.3. The van der Waals surface area contributed by atoms with Crippen LogP contribution in [0, 0.1) is 20.8 Å². The van der Waals surface area contributed by atoms with Gasteiger partial charge in [-0.25, -0.2) is 0 Å². The van der Waals surface area contributed by atoms with Gasteiger partial charge in [0.15, 0.2) is 0 Å². The molecule has 0 saturated heterocycles. The van der Waals surface area contributed by atoms with E-state index in [1.807, 2.05) is 52.0 Å². The smallest absolute Gasteiger partial charge is 0.308 e. The number of carbonyl (C=O) groups is 2. The highest BCUT2D eigenvalue weighted by Gasteiger charge is 2.35. The van der Waals surface area contributed by atoms with E-state index in [9.17, 15) is 9.59 Å². The Morgan fingerprint density at radius 1 is 1.07 bits per heavy atom. The Morgan fingerprint density at radius 3 is 2.33 bits per heavy atom. The van der Waals surface area contributed by atoms with Gasteiger partial charge in [0, 0.05) is 25.1 Å². The normalized spacial score (nSPS) is 17.5. The fraction of sp³-hybridized carbons (Fsp3) is 0.417. The molecular formula is C24H29NO5. The van der Waals surface area contributed by atoms with Crippen LogP contribution >= 0.6 is 0 Å². The Labute approximate surface area is 177 Å². The maximum atomic E-state index is 11.5. The average Bonchev–Trinajstić information content (AvgIpc) is 2.68. The number of carbonyl (C=O) groups excluding carboxylic acids is 2. The lowest BCUT2D eigenvalue weighted by molar-refractivity contribution is -0.132. The van der Waals surface area contributed by atoms with Crippen LogP contribution in [-0.2, 0) is 16.0 Å². The molecule has 1 atom stereocenters. The van der Waals surface area contributed by atoms with Crippen molar-refractivity contribution in [1.82, 2.24) is 0 Å². The van der Waals surface area contributed by atoms with Gasteiger partial charge >= 0.3 is 5.97 Å². The van der Waals surface area contributed by atoms with Gasteiger partial charge in [0.1, 0.15) is 29.5 Å². The summed E-state index contributed by atoms with van der Waals surface area (Å²) in [7, 11) is 0. The lowest BCUT2D eigenvalue weighted by atomic mass is 9.87. The molecule has 0 fully saturated rings. The van der Waals surface area contributed by atoms with Crippen LogP contribution < -0.4 is 19.5 Å². The van der Waals surface area contributed by atoms with E-state index in [4.69, 9.17) is 14.2 Å². The third-order valence-corrected chi connectivity index (χ3v) is 5.53. The fourth-order valence-electron chi connectivity index (χ4n) is 3.75. The molecule has 2 aromatic carbocycles. The highest BCUT2D eigenvalue weighted by molar-refractivity contribution is 5.88. The number of esters is 1. The molecule has 1 N–H and O–H groups in total. The summed E-state index contributed by atoms with van der Waals surface area (Å²) < 4.78 is 17.9. The summed E-state index contributed by atoms with van der Waals surface area (Å²) in [4.78, 5) is 22.6. The Kier molecular flexibility index (Phi) is 6.06. The maximum absolute atomic E-state index is 11.5. The highest BCUT2D eigenvalue weighted by Crippen LogP contribution is 2.44. The molecule has 1 aliphatic heterocycles. The van der Waals surface area contributed by atoms with E-state index in [0.717, 1.165) is 46.5 Å². The van der Waals surface area contributed by atoms with Crippen LogP contribution in [-0.4, -0.2) is 24.1 Å². The Morgan fingerprint density at radius 2 is 1.73 bits per heavy atom. The summed E-state index contributed by atoms with van der Waals surface area (Å²) in [5, 5.41) is 2.74. The van der Waals surface area contributed by atoms with Crippen molar-refractivity contribution < 1.29 is 23.8 Å². The number of hydrogen-bond acceptors (Lipinski definition) is 5. The third-order valence-electron chi connectivity index (χ3n) is 5.53. The molecule has 1 amide bonds. The Bertz CT molecular complexity index is 980. The predicted molar refractivity (Wildman–Crippen MR) is 116 cm³/mol. The lowest BCUT2D eigenvalue weighted by Gasteiger charge is -2.37. The molecule has 160 valence electrons. The molecular weight excluding hydrogens is 382 g/mol. The van der Waals surface area contributed by atoms with Crippen molar-refractivity contribution in [2.45, 2.75) is 60.0 Å². The van der Waals surface area contributed by atoms with Crippen molar-refractivity contribution in [2.24, 2.45) is 0 Å². The summed E-state index contributed by atoms with van der Waals surface area (Å²) in [5.41, 5.74) is 4.20. The van der Waals surface area contributed by atoms with Gasteiger partial charge in [0.25, 0.3) is 0 Å². The molecule has 2 aromatic rings. The number of benzene rings is 2. The number of anilines is 1. The first-order valence-electron chi connectivity index (χ1n) is 10.1. The quantitative estimate of drug-likeness (QED) is 0.572. The number of hydrogen-bond donors (Lipinski definition) is 1. The minimum absolute atomic E-state index is 0.108. The van der Waals surface area contributed by atoms with Crippen molar-refractivity contribution in [3.05, 3.63) is 46.5 Å². The fourth-order valence-corrected chi connectivity index (χ4v) is 3.75. The minimum Gasteiger partial charge on any atom is -0.489 e. The second-order valence-corrected chi connectivity index (χ2v) is 8.15. The summed E-state index contributed by atoms with van der Waals surface area (Å²) in [6.07, 6.45) is 1.60. The zero-order valence-electron chi connectivity index (χ0n) is 18.5. The van der Waals surface area contributed by atoms with Gasteiger partial charge in [-0.1, -0.05) is 0 Å². The molecule has 30 heavy (non-hydrogen) atoms. The summed E-state index contributed by atoms with van der Waals surface area (Å²) in [6, 6.07) is 7.28. The van der Waals surface area contributed by atoms with Gasteiger partial charge < -0.3 is 19.5 Å². The van der Waals surface area contributed by atoms with E-state index in [1.54, 1.807) is 0 Å². The molecule has 0 saturated carbocycles. The SMILES string of the molecule is CC(=O)Nc1ccc(OCC2(C)CCc3c(C)c(OC(C)=O)c(C)c(C)c3O2)cc1. The van der Waals surface area contributed by atoms with Crippen LogP contribution in [0.4, 0.5) is 5.69 Å².